The van der Waals surface area contributed by atoms with E-state index in [2.05, 4.69) is 6.92 Å². The summed E-state index contributed by atoms with van der Waals surface area (Å²) < 4.78 is 10.3. The summed E-state index contributed by atoms with van der Waals surface area (Å²) in [5.74, 6) is 0.242. The molecule has 0 bridgehead atoms. The van der Waals surface area contributed by atoms with Crippen LogP contribution in [-0.2, 0) is 9.53 Å². The summed E-state index contributed by atoms with van der Waals surface area (Å²) in [4.78, 5) is 11.4. The highest BCUT2D eigenvalue weighted by molar-refractivity contribution is 5.71. The Labute approximate surface area is 108 Å². The topological polar surface area (TPSA) is 61.5 Å². The van der Waals surface area contributed by atoms with Crippen molar-refractivity contribution >= 4 is 11.7 Å². The van der Waals surface area contributed by atoms with Gasteiger partial charge in [0.1, 0.15) is 5.75 Å². The number of carbonyl (C=O) groups excluding carboxylic acids is 1. The third-order valence-corrected chi connectivity index (χ3v) is 2.48. The molecule has 0 radical (unpaired) electrons. The van der Waals surface area contributed by atoms with Crippen molar-refractivity contribution in [2.24, 2.45) is 0 Å². The minimum Gasteiger partial charge on any atom is -0.482 e. The number of benzene rings is 1. The lowest BCUT2D eigenvalue weighted by Crippen LogP contribution is -2.15. The molecule has 100 valence electrons. The molecule has 0 aliphatic rings. The molecule has 1 aromatic carbocycles. The zero-order valence-electron chi connectivity index (χ0n) is 10.9. The molecular formula is C14H21NO3. The Kier molecular flexibility index (Phi) is 6.69. The van der Waals surface area contributed by atoms with Gasteiger partial charge in [-0.3, -0.25) is 0 Å². The van der Waals surface area contributed by atoms with Gasteiger partial charge in [-0.15, -0.1) is 0 Å². The van der Waals surface area contributed by atoms with Gasteiger partial charge in [-0.2, -0.15) is 0 Å². The van der Waals surface area contributed by atoms with Gasteiger partial charge in [0.05, 0.1) is 6.61 Å². The quantitative estimate of drug-likeness (QED) is 0.438. The Morgan fingerprint density at radius 3 is 2.83 bits per heavy atom. The van der Waals surface area contributed by atoms with E-state index in [-0.39, 0.29) is 12.6 Å². The van der Waals surface area contributed by atoms with Crippen LogP contribution >= 0.6 is 0 Å². The van der Waals surface area contributed by atoms with E-state index in [9.17, 15) is 4.79 Å². The van der Waals surface area contributed by atoms with Gasteiger partial charge in [0.2, 0.25) is 0 Å². The van der Waals surface area contributed by atoms with Crippen LogP contribution in [-0.4, -0.2) is 19.2 Å². The van der Waals surface area contributed by atoms with Crippen molar-refractivity contribution in [2.75, 3.05) is 18.9 Å². The average Bonchev–Trinajstić information content (AvgIpc) is 2.36. The predicted octanol–water partition coefficient (Wildman–Crippen LogP) is 2.77. The van der Waals surface area contributed by atoms with Crippen molar-refractivity contribution in [1.29, 1.82) is 0 Å². The first-order valence-electron chi connectivity index (χ1n) is 6.36. The van der Waals surface area contributed by atoms with Gasteiger partial charge in [0, 0.05) is 11.8 Å². The number of carbonyl (C=O) groups is 1. The van der Waals surface area contributed by atoms with E-state index < -0.39 is 0 Å². The molecule has 0 spiro atoms. The van der Waals surface area contributed by atoms with Gasteiger partial charge in [-0.05, 0) is 18.6 Å². The maximum absolute atomic E-state index is 11.4. The first-order valence-corrected chi connectivity index (χ1v) is 6.36. The highest BCUT2D eigenvalue weighted by Gasteiger charge is 2.04. The third-order valence-electron chi connectivity index (χ3n) is 2.48. The molecule has 0 amide bonds. The first kappa shape index (κ1) is 14.4. The molecule has 0 fully saturated rings. The van der Waals surface area contributed by atoms with Crippen molar-refractivity contribution in [3.8, 4) is 5.75 Å². The monoisotopic (exact) mass is 251 g/mol. The molecule has 0 aliphatic carbocycles. The van der Waals surface area contributed by atoms with Crippen LogP contribution in [0.4, 0.5) is 5.69 Å². The normalized spacial score (nSPS) is 10.1. The Morgan fingerprint density at radius 1 is 1.28 bits per heavy atom. The van der Waals surface area contributed by atoms with Crippen molar-refractivity contribution in [3.05, 3.63) is 24.3 Å². The van der Waals surface area contributed by atoms with Crippen LogP contribution in [0, 0.1) is 0 Å². The van der Waals surface area contributed by atoms with Gasteiger partial charge in [-0.1, -0.05) is 32.3 Å². The number of unbranched alkanes of at least 4 members (excludes halogenated alkanes) is 3. The first-order chi connectivity index (χ1) is 8.72. The fourth-order valence-corrected chi connectivity index (χ4v) is 1.50. The summed E-state index contributed by atoms with van der Waals surface area (Å²) in [6.07, 6.45) is 4.36. The van der Waals surface area contributed by atoms with Crippen LogP contribution in [0.1, 0.15) is 32.6 Å². The number of esters is 1. The van der Waals surface area contributed by atoms with Crippen LogP contribution in [0.3, 0.4) is 0 Å². The van der Waals surface area contributed by atoms with Crippen LogP contribution in [0.25, 0.3) is 0 Å². The number of ether oxygens (including phenoxy) is 2. The van der Waals surface area contributed by atoms with E-state index in [1.807, 2.05) is 0 Å². The van der Waals surface area contributed by atoms with Gasteiger partial charge >= 0.3 is 5.97 Å². The molecule has 2 N–H and O–H groups in total. The largest absolute Gasteiger partial charge is 0.482 e. The molecule has 0 aromatic heterocycles. The Hall–Kier alpha value is -1.71. The summed E-state index contributed by atoms with van der Waals surface area (Å²) in [6, 6.07) is 6.97. The molecule has 0 saturated carbocycles. The van der Waals surface area contributed by atoms with E-state index in [1.54, 1.807) is 24.3 Å². The van der Waals surface area contributed by atoms with Crippen molar-refractivity contribution in [3.63, 3.8) is 0 Å². The van der Waals surface area contributed by atoms with Gasteiger partial charge in [-0.25, -0.2) is 4.79 Å². The van der Waals surface area contributed by atoms with Crippen LogP contribution in [0.5, 0.6) is 5.75 Å². The highest BCUT2D eigenvalue weighted by atomic mass is 16.6. The number of hydrogen-bond donors (Lipinski definition) is 1. The number of rotatable bonds is 8. The van der Waals surface area contributed by atoms with Crippen LogP contribution < -0.4 is 10.5 Å². The molecule has 0 saturated heterocycles. The van der Waals surface area contributed by atoms with Crippen molar-refractivity contribution < 1.29 is 14.3 Å². The van der Waals surface area contributed by atoms with E-state index in [0.29, 0.717) is 18.0 Å². The minimum absolute atomic E-state index is 0.0722. The minimum atomic E-state index is -0.339. The van der Waals surface area contributed by atoms with E-state index in [4.69, 9.17) is 15.2 Å². The maximum atomic E-state index is 11.4. The van der Waals surface area contributed by atoms with Gasteiger partial charge in [0.15, 0.2) is 6.61 Å². The fraction of sp³-hybridized carbons (Fsp3) is 0.500. The van der Waals surface area contributed by atoms with Crippen LogP contribution in [0.2, 0.25) is 0 Å². The lowest BCUT2D eigenvalue weighted by Gasteiger charge is -2.07. The fourth-order valence-electron chi connectivity index (χ4n) is 1.50. The van der Waals surface area contributed by atoms with Crippen LogP contribution in [0.15, 0.2) is 24.3 Å². The smallest absolute Gasteiger partial charge is 0.344 e. The predicted molar refractivity (Wildman–Crippen MR) is 71.5 cm³/mol. The van der Waals surface area contributed by atoms with Gasteiger partial charge < -0.3 is 15.2 Å². The Morgan fingerprint density at radius 2 is 2.11 bits per heavy atom. The summed E-state index contributed by atoms with van der Waals surface area (Å²) in [7, 11) is 0. The van der Waals surface area contributed by atoms with E-state index >= 15 is 0 Å². The Bertz CT molecular complexity index is 366. The molecule has 0 unspecified atom stereocenters. The molecule has 1 aromatic rings. The second-order valence-corrected chi connectivity index (χ2v) is 4.14. The van der Waals surface area contributed by atoms with Crippen molar-refractivity contribution in [1.82, 2.24) is 0 Å². The summed E-state index contributed by atoms with van der Waals surface area (Å²) in [5, 5.41) is 0. The lowest BCUT2D eigenvalue weighted by atomic mass is 10.2. The average molecular weight is 251 g/mol. The van der Waals surface area contributed by atoms with Gasteiger partial charge in [0.25, 0.3) is 0 Å². The molecule has 0 aliphatic heterocycles. The number of nitrogen functional groups attached to an aromatic ring is 1. The second-order valence-electron chi connectivity index (χ2n) is 4.14. The molecular weight excluding hydrogens is 230 g/mol. The van der Waals surface area contributed by atoms with E-state index in [0.717, 1.165) is 12.8 Å². The zero-order valence-corrected chi connectivity index (χ0v) is 10.9. The Balaban J connectivity index is 2.13. The molecule has 0 atom stereocenters. The maximum Gasteiger partial charge on any atom is 0.344 e. The number of anilines is 1. The summed E-state index contributed by atoms with van der Waals surface area (Å²) in [5.41, 5.74) is 6.21. The molecule has 0 heterocycles. The van der Waals surface area contributed by atoms with Crippen molar-refractivity contribution in [2.45, 2.75) is 32.6 Å². The summed E-state index contributed by atoms with van der Waals surface area (Å²) in [6.45, 7) is 2.54. The molecule has 1 rings (SSSR count). The highest BCUT2D eigenvalue weighted by Crippen LogP contribution is 2.14. The molecule has 18 heavy (non-hydrogen) atoms. The number of hydrogen-bond acceptors (Lipinski definition) is 4. The second kappa shape index (κ2) is 8.39. The lowest BCUT2D eigenvalue weighted by molar-refractivity contribution is -0.146. The molecule has 4 nitrogen and oxygen atoms in total. The molecule has 4 heteroatoms. The standard InChI is InChI=1S/C14H21NO3/c1-2-3-4-5-9-17-14(16)11-18-13-8-6-7-12(15)10-13/h6-8,10H,2-5,9,11,15H2,1H3. The third kappa shape index (κ3) is 6.13. The number of nitrogens with two attached hydrogens (primary N) is 1. The zero-order chi connectivity index (χ0) is 13.2. The summed E-state index contributed by atoms with van der Waals surface area (Å²) >= 11 is 0. The SMILES string of the molecule is CCCCCCOC(=O)COc1cccc(N)c1. The van der Waals surface area contributed by atoms with E-state index in [1.165, 1.54) is 12.8 Å².